The fraction of sp³-hybridized carbons (Fsp3) is 1.00. The highest BCUT2D eigenvalue weighted by Gasteiger charge is 2.46. The Morgan fingerprint density at radius 1 is 0.588 bits per heavy atom. The van der Waals surface area contributed by atoms with Crippen molar-refractivity contribution in [2.75, 3.05) is 0 Å². The van der Waals surface area contributed by atoms with E-state index in [0.717, 1.165) is 36.8 Å². The molecule has 0 aliphatic heterocycles. The summed E-state index contributed by atoms with van der Waals surface area (Å²) in [5.41, 5.74) is 0. The third-order valence-corrected chi connectivity index (χ3v) is 27.7. The second kappa shape index (κ2) is 19.1. The van der Waals surface area contributed by atoms with Gasteiger partial charge < -0.3 is 0 Å². The van der Waals surface area contributed by atoms with Crippen molar-refractivity contribution in [2.24, 2.45) is 29.6 Å². The fourth-order valence-electron chi connectivity index (χ4n) is 6.91. The van der Waals surface area contributed by atoms with Crippen LogP contribution >= 0.6 is 22.6 Å². The maximum absolute atomic E-state index is 3.07. The molecular weight excluding hydrogens is 569 g/mol. The molecule has 202 valence electrons. The van der Waals surface area contributed by atoms with Gasteiger partial charge in [-0.15, -0.1) is 0 Å². The van der Waals surface area contributed by atoms with Crippen LogP contribution in [0.3, 0.4) is 0 Å². The first-order chi connectivity index (χ1) is 15.7. The van der Waals surface area contributed by atoms with Crippen LogP contribution in [-0.4, -0.2) is 39.2 Å². The van der Waals surface area contributed by atoms with Gasteiger partial charge in [0.1, 0.15) is 0 Å². The maximum Gasteiger partial charge on any atom is 0.280 e. The van der Waals surface area contributed by atoms with Gasteiger partial charge in [0.25, 0.3) is 28.3 Å². The largest absolute Gasteiger partial charge is 0.280 e. The summed E-state index contributed by atoms with van der Waals surface area (Å²) in [7, 11) is -1.24. The molecule has 0 fully saturated rings. The Morgan fingerprint density at radius 2 is 0.971 bits per heavy atom. The van der Waals surface area contributed by atoms with Gasteiger partial charge in [0.15, 0.2) is 0 Å². The highest BCUT2D eigenvalue weighted by atomic mass is 127. The van der Waals surface area contributed by atoms with Gasteiger partial charge in [0.2, 0.25) is 0 Å². The molecule has 4 heteroatoms. The molecule has 0 bridgehead atoms. The van der Waals surface area contributed by atoms with E-state index >= 15 is 0 Å². The summed E-state index contributed by atoms with van der Waals surface area (Å²) in [6.45, 7) is 30.7. The predicted molar refractivity (Wildman–Crippen MR) is 176 cm³/mol. The van der Waals surface area contributed by atoms with Gasteiger partial charge in [-0.2, -0.15) is 0 Å². The third kappa shape index (κ3) is 16.1. The van der Waals surface area contributed by atoms with Crippen molar-refractivity contribution >= 4 is 59.0 Å². The number of hydrogen-bond donors (Lipinski definition) is 0. The molecule has 3 unspecified atom stereocenters. The number of halogens is 1. The fourth-order valence-corrected chi connectivity index (χ4v) is 27.5. The standard InChI is InChI=1S/C14H29ISi.4C4H9.2Al/c1-5-6-7-8-9-10-11-14(12-15)13-16(2,3)4;4*1-4(2)3;;/h12-14H,5-11H2,1-4H3;4*4H,1H2,2-3H3;;. The number of alkyl halides is 1. The quantitative estimate of drug-likeness (QED) is 0.0541. The zero-order valence-corrected chi connectivity index (χ0v) is 31.3. The molecule has 0 nitrogen and oxygen atoms in total. The lowest BCUT2D eigenvalue weighted by molar-refractivity contribution is 0.479. The summed E-state index contributed by atoms with van der Waals surface area (Å²) >= 11 is 1.48. The van der Waals surface area contributed by atoms with Gasteiger partial charge in [-0.3, -0.25) is 0 Å². The summed E-state index contributed by atoms with van der Waals surface area (Å²) in [5.74, 6) is 4.56. The van der Waals surface area contributed by atoms with E-state index < -0.39 is 36.4 Å². The second-order valence-electron chi connectivity index (χ2n) is 14.6. The smallest absolute Gasteiger partial charge is 0.0985 e. The van der Waals surface area contributed by atoms with Crippen LogP contribution in [0.1, 0.15) is 107 Å². The Bertz CT molecular complexity index is 467. The highest BCUT2D eigenvalue weighted by molar-refractivity contribution is 14.1. The molecule has 0 rings (SSSR count). The lowest BCUT2D eigenvalue weighted by Gasteiger charge is -2.45. The zero-order valence-electron chi connectivity index (χ0n) is 25.9. The molecule has 0 aromatic rings. The first-order valence-corrected chi connectivity index (χ1v) is 24.8. The summed E-state index contributed by atoms with van der Waals surface area (Å²) in [6, 6.07) is 0. The van der Waals surface area contributed by atoms with Crippen LogP contribution in [0.2, 0.25) is 45.2 Å². The van der Waals surface area contributed by atoms with Crippen molar-refractivity contribution in [1.82, 2.24) is 0 Å². The van der Waals surface area contributed by atoms with Crippen molar-refractivity contribution in [3.8, 4) is 0 Å². The normalized spacial score (nSPS) is 15.4. The Kier molecular flexibility index (Phi) is 20.3. The number of unbranched alkanes of at least 4 members (excludes halogenated alkanes) is 5. The number of rotatable bonds is 20. The first kappa shape index (κ1) is 36.0. The summed E-state index contributed by atoms with van der Waals surface area (Å²) < 4.78 is 2.13. The monoisotopic (exact) mass is 634 g/mol. The Balaban J connectivity index is 6.11. The SMILES string of the molecule is CCCCCCCCC([CH](I)[Al]([CH2]C(C)C)[CH2]C(C)C)[CH]([Al]([CH2]C(C)C)[CH2]C(C)C)[Si](C)(C)C. The summed E-state index contributed by atoms with van der Waals surface area (Å²) in [5, 5.41) is 6.31. The lowest BCUT2D eigenvalue weighted by Crippen LogP contribution is -2.49. The average molecular weight is 635 g/mol. The van der Waals surface area contributed by atoms with Crippen LogP contribution in [0.4, 0.5) is 0 Å². The Hall–Kier alpha value is 2.01. The van der Waals surface area contributed by atoms with Crippen LogP contribution < -0.4 is 0 Å². The van der Waals surface area contributed by atoms with Gasteiger partial charge >= 0.3 is 0 Å². The van der Waals surface area contributed by atoms with Crippen molar-refractivity contribution in [1.29, 1.82) is 0 Å². The van der Waals surface area contributed by atoms with Crippen LogP contribution in [0, 0.1) is 29.6 Å². The topological polar surface area (TPSA) is 0 Å². The van der Waals surface area contributed by atoms with E-state index in [4.69, 9.17) is 0 Å². The van der Waals surface area contributed by atoms with Gasteiger partial charge in [-0.25, -0.2) is 0 Å². The van der Waals surface area contributed by atoms with Crippen molar-refractivity contribution in [3.05, 3.63) is 0 Å². The van der Waals surface area contributed by atoms with E-state index in [1.807, 2.05) is 0 Å². The molecule has 0 spiro atoms. The molecule has 34 heavy (non-hydrogen) atoms. The van der Waals surface area contributed by atoms with E-state index in [0.29, 0.717) is 0 Å². The van der Waals surface area contributed by atoms with Gasteiger partial charge in [-0.05, 0) is 2.79 Å². The van der Waals surface area contributed by atoms with Gasteiger partial charge in [0.05, 0.1) is 0 Å². The van der Waals surface area contributed by atoms with Gasteiger partial charge in [-0.1, -0.05) is 205 Å². The maximum atomic E-state index is 3.07. The minimum Gasteiger partial charge on any atom is -0.0985 e. The molecule has 0 amide bonds. The molecule has 0 saturated heterocycles. The highest BCUT2D eigenvalue weighted by Crippen LogP contribution is 2.45. The van der Waals surface area contributed by atoms with Crippen molar-refractivity contribution in [2.45, 2.75) is 155 Å². The number of hydrogen-bond acceptors (Lipinski definition) is 0. The predicted octanol–water partition coefficient (Wildman–Crippen LogP) is 11.6. The van der Waals surface area contributed by atoms with Gasteiger partial charge in [0, 0.05) is 8.07 Å². The van der Waals surface area contributed by atoms with Crippen LogP contribution in [-0.2, 0) is 0 Å². The molecular formula is C30H65Al2ISi. The van der Waals surface area contributed by atoms with Crippen LogP contribution in [0.25, 0.3) is 0 Å². The average Bonchev–Trinajstić information content (AvgIpc) is 2.65. The molecule has 3 atom stereocenters. The molecule has 0 saturated carbocycles. The minimum atomic E-state index is -1.24. The molecule has 0 heterocycles. The first-order valence-electron chi connectivity index (χ1n) is 15.3. The summed E-state index contributed by atoms with van der Waals surface area (Å²) in [4.78, 5) is 0. The Labute approximate surface area is 241 Å². The van der Waals surface area contributed by atoms with Crippen LogP contribution in [0.5, 0.6) is 0 Å². The minimum absolute atomic E-state index is 0.781. The third-order valence-electron chi connectivity index (χ3n) is 7.82. The lowest BCUT2D eigenvalue weighted by atomic mass is 10.0. The molecule has 0 N–H and O–H groups in total. The van der Waals surface area contributed by atoms with E-state index in [1.165, 1.54) is 38.5 Å². The Morgan fingerprint density at radius 3 is 1.35 bits per heavy atom. The van der Waals surface area contributed by atoms with E-state index in [2.05, 4.69) is 105 Å². The van der Waals surface area contributed by atoms with Crippen molar-refractivity contribution in [3.63, 3.8) is 0 Å². The van der Waals surface area contributed by atoms with Crippen LogP contribution in [0.15, 0.2) is 0 Å². The molecule has 0 aliphatic carbocycles. The van der Waals surface area contributed by atoms with E-state index in [1.54, 1.807) is 27.6 Å². The van der Waals surface area contributed by atoms with Crippen molar-refractivity contribution < 1.29 is 0 Å². The van der Waals surface area contributed by atoms with E-state index in [9.17, 15) is 0 Å². The molecule has 0 aromatic heterocycles. The molecule has 0 aromatic carbocycles. The molecule has 0 radical (unpaired) electrons. The van der Waals surface area contributed by atoms with E-state index in [-0.39, 0.29) is 0 Å². The summed E-state index contributed by atoms with van der Waals surface area (Å²) in [6.07, 6.45) is 10.3. The molecule has 0 aliphatic rings. The second-order valence-corrected chi connectivity index (χ2v) is 29.8. The zero-order chi connectivity index (χ0) is 26.5.